The van der Waals surface area contributed by atoms with E-state index < -0.39 is 24.0 Å². The Morgan fingerprint density at radius 3 is 2.33 bits per heavy atom. The van der Waals surface area contributed by atoms with E-state index >= 15 is 0 Å². The summed E-state index contributed by atoms with van der Waals surface area (Å²) in [6, 6.07) is 8.30. The lowest BCUT2D eigenvalue weighted by Gasteiger charge is -2.35. The van der Waals surface area contributed by atoms with Crippen molar-refractivity contribution < 1.29 is 22.8 Å². The molecule has 2 aromatic carbocycles. The molecule has 10 heteroatoms. The summed E-state index contributed by atoms with van der Waals surface area (Å²) in [7, 11) is 0. The number of hydrogen-bond donors (Lipinski definition) is 1. The lowest BCUT2D eigenvalue weighted by atomic mass is 10.1. The second-order valence-electron chi connectivity index (χ2n) is 6.86. The zero-order valence-electron chi connectivity index (χ0n) is 15.5. The largest absolute Gasteiger partial charge is 0.337 e. The highest BCUT2D eigenvalue weighted by Gasteiger charge is 2.27. The number of carbonyl (C=O) groups excluding carboxylic acids is 2. The Labute approximate surface area is 174 Å². The molecule has 1 aromatic heterocycles. The summed E-state index contributed by atoms with van der Waals surface area (Å²) in [4.78, 5) is 34.7. The Bertz CT molecular complexity index is 1130. The van der Waals surface area contributed by atoms with Crippen molar-refractivity contribution in [2.75, 3.05) is 26.2 Å². The van der Waals surface area contributed by atoms with Gasteiger partial charge in [-0.2, -0.15) is 0 Å². The van der Waals surface area contributed by atoms with Gasteiger partial charge in [0.05, 0.1) is 16.6 Å². The molecule has 0 saturated carbocycles. The number of rotatable bonds is 3. The quantitative estimate of drug-likeness (QED) is 0.677. The third-order valence-corrected chi connectivity index (χ3v) is 5.20. The van der Waals surface area contributed by atoms with Crippen molar-refractivity contribution in [1.29, 1.82) is 0 Å². The van der Waals surface area contributed by atoms with E-state index in [9.17, 15) is 22.8 Å². The van der Waals surface area contributed by atoms with Gasteiger partial charge in [0, 0.05) is 36.8 Å². The first-order chi connectivity index (χ1) is 14.3. The highest BCUT2D eigenvalue weighted by molar-refractivity contribution is 6.31. The molecule has 4 rings (SSSR count). The van der Waals surface area contributed by atoms with E-state index in [2.05, 4.69) is 9.97 Å². The van der Waals surface area contributed by atoms with Crippen LogP contribution in [-0.2, 0) is 0 Å². The van der Waals surface area contributed by atoms with Gasteiger partial charge < -0.3 is 14.8 Å². The minimum Gasteiger partial charge on any atom is -0.337 e. The zero-order chi connectivity index (χ0) is 21.4. The normalized spacial score (nSPS) is 14.6. The van der Waals surface area contributed by atoms with Crippen LogP contribution in [0.25, 0.3) is 11.0 Å². The number of fused-ring (bicyclic) bond motifs is 1. The molecule has 1 N–H and O–H groups in total. The van der Waals surface area contributed by atoms with Crippen LogP contribution >= 0.6 is 11.6 Å². The van der Waals surface area contributed by atoms with Gasteiger partial charge in [-0.25, -0.2) is 18.2 Å². The number of carbonyl (C=O) groups is 2. The van der Waals surface area contributed by atoms with Crippen LogP contribution in [0.3, 0.4) is 0 Å². The van der Waals surface area contributed by atoms with Gasteiger partial charge in [-0.3, -0.25) is 9.59 Å². The summed E-state index contributed by atoms with van der Waals surface area (Å²) in [5, 5.41) is 0.262. The second kappa shape index (κ2) is 7.98. The van der Waals surface area contributed by atoms with Gasteiger partial charge in [0.25, 0.3) is 18.2 Å². The van der Waals surface area contributed by atoms with Crippen molar-refractivity contribution in [1.82, 2.24) is 19.8 Å². The Balaban J connectivity index is 1.44. The molecule has 156 valence electrons. The van der Waals surface area contributed by atoms with Crippen LogP contribution in [0.15, 0.2) is 36.4 Å². The van der Waals surface area contributed by atoms with E-state index in [-0.39, 0.29) is 42.7 Å². The molecular formula is C20H16ClF3N4O2. The third-order valence-electron chi connectivity index (χ3n) is 4.97. The molecule has 0 aliphatic carbocycles. The fourth-order valence-corrected chi connectivity index (χ4v) is 3.56. The maximum absolute atomic E-state index is 14.0. The molecule has 0 spiro atoms. The standard InChI is InChI=1S/C20H16ClF3N4O2/c21-12-2-3-14(22)13(10-12)20(30)28-7-5-27(6-8-28)19(29)11-1-4-15-16(9-11)26-18(25-15)17(23)24/h1-4,9-10,17H,5-8H2,(H,25,26). The number of nitrogens with zero attached hydrogens (tertiary/aromatic N) is 3. The van der Waals surface area contributed by atoms with E-state index in [0.717, 1.165) is 6.07 Å². The predicted octanol–water partition coefficient (Wildman–Crippen LogP) is 3.89. The van der Waals surface area contributed by atoms with Crippen LogP contribution in [-0.4, -0.2) is 57.8 Å². The average molecular weight is 437 g/mol. The van der Waals surface area contributed by atoms with Gasteiger partial charge in [0.15, 0.2) is 5.82 Å². The fraction of sp³-hybridized carbons (Fsp3) is 0.250. The number of amides is 2. The van der Waals surface area contributed by atoms with E-state index in [4.69, 9.17) is 11.6 Å². The smallest absolute Gasteiger partial charge is 0.295 e. The van der Waals surface area contributed by atoms with E-state index in [0.29, 0.717) is 16.6 Å². The van der Waals surface area contributed by atoms with Crippen molar-refractivity contribution in [2.24, 2.45) is 0 Å². The molecule has 1 fully saturated rings. The van der Waals surface area contributed by atoms with Crippen molar-refractivity contribution in [3.8, 4) is 0 Å². The monoisotopic (exact) mass is 436 g/mol. The maximum Gasteiger partial charge on any atom is 0.295 e. The molecular weight excluding hydrogens is 421 g/mol. The van der Waals surface area contributed by atoms with Crippen LogP contribution in [0.2, 0.25) is 5.02 Å². The summed E-state index contributed by atoms with van der Waals surface area (Å²) in [5.41, 5.74) is 0.914. The summed E-state index contributed by atoms with van der Waals surface area (Å²) < 4.78 is 39.5. The molecule has 0 radical (unpaired) electrons. The summed E-state index contributed by atoms with van der Waals surface area (Å²) >= 11 is 5.85. The Morgan fingerprint density at radius 1 is 1.00 bits per heavy atom. The van der Waals surface area contributed by atoms with Gasteiger partial charge in [0.2, 0.25) is 0 Å². The SMILES string of the molecule is O=C(c1ccc2nc(C(F)F)[nH]c2c1)N1CCN(C(=O)c2cc(Cl)ccc2F)CC1. The molecule has 0 unspecified atom stereocenters. The Morgan fingerprint density at radius 2 is 1.67 bits per heavy atom. The van der Waals surface area contributed by atoms with E-state index in [1.54, 1.807) is 4.90 Å². The molecule has 0 atom stereocenters. The average Bonchev–Trinajstić information content (AvgIpc) is 3.18. The number of imidazole rings is 1. The van der Waals surface area contributed by atoms with E-state index in [1.807, 2.05) is 0 Å². The summed E-state index contributed by atoms with van der Waals surface area (Å²) in [6.45, 7) is 0.989. The molecule has 6 nitrogen and oxygen atoms in total. The molecule has 2 heterocycles. The van der Waals surface area contributed by atoms with Crippen LogP contribution in [0.5, 0.6) is 0 Å². The Kier molecular flexibility index (Phi) is 5.38. The van der Waals surface area contributed by atoms with E-state index in [1.165, 1.54) is 35.2 Å². The summed E-state index contributed by atoms with van der Waals surface area (Å²) in [5.74, 6) is -1.87. The van der Waals surface area contributed by atoms with Crippen LogP contribution in [0.1, 0.15) is 33.0 Å². The number of aromatic nitrogens is 2. The second-order valence-corrected chi connectivity index (χ2v) is 7.30. The fourth-order valence-electron chi connectivity index (χ4n) is 3.39. The van der Waals surface area contributed by atoms with Gasteiger partial charge in [-0.05, 0) is 36.4 Å². The number of aromatic amines is 1. The first-order valence-corrected chi connectivity index (χ1v) is 9.52. The first kappa shape index (κ1) is 20.2. The molecule has 2 amide bonds. The molecule has 1 aliphatic heterocycles. The van der Waals surface area contributed by atoms with Crippen LogP contribution in [0, 0.1) is 5.82 Å². The lowest BCUT2D eigenvalue weighted by Crippen LogP contribution is -2.50. The number of alkyl halides is 2. The number of hydrogen-bond acceptors (Lipinski definition) is 3. The van der Waals surface area contributed by atoms with Crippen molar-refractivity contribution in [3.63, 3.8) is 0 Å². The highest BCUT2D eigenvalue weighted by atomic mass is 35.5. The first-order valence-electron chi connectivity index (χ1n) is 9.15. The van der Waals surface area contributed by atoms with Gasteiger partial charge in [-0.1, -0.05) is 11.6 Å². The molecule has 0 bridgehead atoms. The zero-order valence-corrected chi connectivity index (χ0v) is 16.3. The van der Waals surface area contributed by atoms with Crippen LogP contribution < -0.4 is 0 Å². The molecule has 3 aromatic rings. The molecule has 1 aliphatic rings. The van der Waals surface area contributed by atoms with Crippen molar-refractivity contribution >= 4 is 34.4 Å². The topological polar surface area (TPSA) is 69.3 Å². The van der Waals surface area contributed by atoms with Gasteiger partial charge >= 0.3 is 0 Å². The highest BCUT2D eigenvalue weighted by Crippen LogP contribution is 2.22. The van der Waals surface area contributed by atoms with Gasteiger partial charge in [0.1, 0.15) is 5.82 Å². The lowest BCUT2D eigenvalue weighted by molar-refractivity contribution is 0.0533. The maximum atomic E-state index is 14.0. The van der Waals surface area contributed by atoms with Crippen molar-refractivity contribution in [3.05, 3.63) is 64.2 Å². The predicted molar refractivity (Wildman–Crippen MR) is 104 cm³/mol. The summed E-state index contributed by atoms with van der Waals surface area (Å²) in [6.07, 6.45) is -2.73. The number of H-pyrrole nitrogens is 1. The number of piperazine rings is 1. The third kappa shape index (κ3) is 3.85. The number of benzene rings is 2. The minimum absolute atomic E-state index is 0.109. The Hall–Kier alpha value is -3.07. The van der Waals surface area contributed by atoms with Crippen LogP contribution in [0.4, 0.5) is 13.2 Å². The minimum atomic E-state index is -2.73. The van der Waals surface area contributed by atoms with Gasteiger partial charge in [-0.15, -0.1) is 0 Å². The number of halogens is 4. The molecule has 1 saturated heterocycles. The number of nitrogens with one attached hydrogen (secondary N) is 1. The van der Waals surface area contributed by atoms with Crippen molar-refractivity contribution in [2.45, 2.75) is 6.43 Å². The molecule has 30 heavy (non-hydrogen) atoms.